The largest absolute Gasteiger partial charge is 0.478 e. The van der Waals surface area contributed by atoms with Crippen molar-refractivity contribution in [3.63, 3.8) is 0 Å². The summed E-state index contributed by atoms with van der Waals surface area (Å²) in [7, 11) is 1.60. The Bertz CT molecular complexity index is 651. The van der Waals surface area contributed by atoms with Crippen molar-refractivity contribution in [3.05, 3.63) is 47.8 Å². The van der Waals surface area contributed by atoms with E-state index in [1.165, 1.54) is 24.4 Å². The molecule has 0 aliphatic carbocycles. The molecule has 2 rings (SSSR count). The van der Waals surface area contributed by atoms with Gasteiger partial charge in [0, 0.05) is 18.9 Å². The number of carbonyl (C=O) groups excluding carboxylic acids is 1. The maximum Gasteiger partial charge on any atom is 0.335 e. The third-order valence-electron chi connectivity index (χ3n) is 2.79. The molecule has 2 aromatic rings. The summed E-state index contributed by atoms with van der Waals surface area (Å²) in [5, 5.41) is 15.6. The summed E-state index contributed by atoms with van der Waals surface area (Å²) in [6.07, 6.45) is 3.20. The molecular formula is C14H15N3O4. The zero-order valence-corrected chi connectivity index (χ0v) is 11.4. The normalized spacial score (nSPS) is 10.3. The van der Waals surface area contributed by atoms with E-state index in [2.05, 4.69) is 10.4 Å². The lowest BCUT2D eigenvalue weighted by atomic mass is 10.1. The number of aromatic carboxylic acids is 1. The summed E-state index contributed by atoms with van der Waals surface area (Å²) in [5.41, 5.74) is 0.884. The van der Waals surface area contributed by atoms with Crippen LogP contribution in [0.2, 0.25) is 0 Å². The number of carbonyl (C=O) groups is 2. The SMILES string of the molecule is COCCn1cc(NC(=O)c2cccc(C(=O)O)c2)cn1. The van der Waals surface area contributed by atoms with E-state index in [9.17, 15) is 9.59 Å². The Kier molecular flexibility index (Phi) is 4.68. The predicted molar refractivity (Wildman–Crippen MR) is 75.5 cm³/mol. The summed E-state index contributed by atoms with van der Waals surface area (Å²) >= 11 is 0. The van der Waals surface area contributed by atoms with Gasteiger partial charge in [0.15, 0.2) is 0 Å². The maximum absolute atomic E-state index is 12.0. The van der Waals surface area contributed by atoms with Gasteiger partial charge in [0.25, 0.3) is 5.91 Å². The van der Waals surface area contributed by atoms with E-state index in [0.29, 0.717) is 18.8 Å². The molecule has 2 N–H and O–H groups in total. The molecule has 1 aromatic heterocycles. The number of hydrogen-bond acceptors (Lipinski definition) is 4. The molecule has 0 atom stereocenters. The van der Waals surface area contributed by atoms with E-state index in [4.69, 9.17) is 9.84 Å². The number of nitrogens with zero attached hydrogens (tertiary/aromatic N) is 2. The van der Waals surface area contributed by atoms with Crippen molar-refractivity contribution < 1.29 is 19.4 Å². The van der Waals surface area contributed by atoms with Crippen molar-refractivity contribution >= 4 is 17.6 Å². The highest BCUT2D eigenvalue weighted by Gasteiger charge is 2.10. The summed E-state index contributed by atoms with van der Waals surface area (Å²) in [5.74, 6) is -1.46. The van der Waals surface area contributed by atoms with Crippen molar-refractivity contribution in [1.29, 1.82) is 0 Å². The number of nitrogens with one attached hydrogen (secondary N) is 1. The molecule has 7 heteroatoms. The van der Waals surface area contributed by atoms with Crippen LogP contribution in [0.1, 0.15) is 20.7 Å². The van der Waals surface area contributed by atoms with Crippen LogP contribution in [0.5, 0.6) is 0 Å². The van der Waals surface area contributed by atoms with Crippen LogP contribution < -0.4 is 5.32 Å². The Labute approximate surface area is 121 Å². The number of anilines is 1. The molecule has 0 fully saturated rings. The van der Waals surface area contributed by atoms with Crippen molar-refractivity contribution in [3.8, 4) is 0 Å². The molecule has 7 nitrogen and oxygen atoms in total. The minimum absolute atomic E-state index is 0.0680. The first-order valence-corrected chi connectivity index (χ1v) is 6.26. The molecule has 110 valence electrons. The molecular weight excluding hydrogens is 274 g/mol. The van der Waals surface area contributed by atoms with Crippen molar-refractivity contribution in [2.75, 3.05) is 19.0 Å². The smallest absolute Gasteiger partial charge is 0.335 e. The standard InChI is InChI=1S/C14H15N3O4/c1-21-6-5-17-9-12(8-15-17)16-13(18)10-3-2-4-11(7-10)14(19)20/h2-4,7-9H,5-6H2,1H3,(H,16,18)(H,19,20). The molecule has 1 aromatic carbocycles. The van der Waals surface area contributed by atoms with Crippen LogP contribution in [0.25, 0.3) is 0 Å². The lowest BCUT2D eigenvalue weighted by molar-refractivity contribution is 0.0697. The first-order chi connectivity index (χ1) is 10.1. The summed E-state index contributed by atoms with van der Waals surface area (Å²) in [6.45, 7) is 1.11. The molecule has 1 amide bonds. The van der Waals surface area contributed by atoms with Crippen LogP contribution in [0.15, 0.2) is 36.7 Å². The number of carboxylic acids is 1. The van der Waals surface area contributed by atoms with Gasteiger partial charge in [-0.05, 0) is 18.2 Å². The molecule has 0 aliphatic rings. The predicted octanol–water partition coefficient (Wildman–Crippen LogP) is 1.48. The Morgan fingerprint density at radius 2 is 2.14 bits per heavy atom. The van der Waals surface area contributed by atoms with Gasteiger partial charge in [-0.15, -0.1) is 0 Å². The number of benzene rings is 1. The zero-order valence-electron chi connectivity index (χ0n) is 11.4. The van der Waals surface area contributed by atoms with Gasteiger partial charge >= 0.3 is 5.97 Å². The fraction of sp³-hybridized carbons (Fsp3) is 0.214. The quantitative estimate of drug-likeness (QED) is 0.840. The molecule has 0 spiro atoms. The molecule has 0 saturated heterocycles. The molecule has 1 heterocycles. The highest BCUT2D eigenvalue weighted by atomic mass is 16.5. The molecule has 0 radical (unpaired) electrons. The van der Waals surface area contributed by atoms with Gasteiger partial charge in [-0.3, -0.25) is 9.48 Å². The first kappa shape index (κ1) is 14.7. The number of methoxy groups -OCH3 is 1. The second kappa shape index (κ2) is 6.67. The molecule has 0 saturated carbocycles. The second-order valence-electron chi connectivity index (χ2n) is 4.32. The van der Waals surface area contributed by atoms with Gasteiger partial charge in [-0.25, -0.2) is 4.79 Å². The van der Waals surface area contributed by atoms with Crippen molar-refractivity contribution in [2.45, 2.75) is 6.54 Å². The highest BCUT2D eigenvalue weighted by Crippen LogP contribution is 2.10. The Hall–Kier alpha value is -2.67. The average Bonchev–Trinajstić information content (AvgIpc) is 2.92. The minimum Gasteiger partial charge on any atom is -0.478 e. The minimum atomic E-state index is -1.07. The first-order valence-electron chi connectivity index (χ1n) is 6.26. The van der Waals surface area contributed by atoms with Gasteiger partial charge in [-0.2, -0.15) is 5.10 Å². The molecule has 0 bridgehead atoms. The molecule has 0 unspecified atom stereocenters. The fourth-order valence-corrected chi connectivity index (χ4v) is 1.73. The lowest BCUT2D eigenvalue weighted by Crippen LogP contribution is -2.12. The van der Waals surface area contributed by atoms with E-state index in [-0.39, 0.29) is 17.0 Å². The number of hydrogen-bond donors (Lipinski definition) is 2. The Morgan fingerprint density at radius 3 is 2.86 bits per heavy atom. The van der Waals surface area contributed by atoms with Crippen LogP contribution >= 0.6 is 0 Å². The van der Waals surface area contributed by atoms with Gasteiger partial charge < -0.3 is 15.2 Å². The van der Waals surface area contributed by atoms with E-state index in [1.807, 2.05) is 0 Å². The average molecular weight is 289 g/mol. The van der Waals surface area contributed by atoms with Crippen molar-refractivity contribution in [1.82, 2.24) is 9.78 Å². The zero-order chi connectivity index (χ0) is 15.2. The summed E-state index contributed by atoms with van der Waals surface area (Å²) in [6, 6.07) is 5.84. The molecule has 0 aliphatic heterocycles. The highest BCUT2D eigenvalue weighted by molar-refractivity contribution is 6.05. The molecule has 21 heavy (non-hydrogen) atoms. The van der Waals surface area contributed by atoms with Crippen LogP contribution in [0.4, 0.5) is 5.69 Å². The third kappa shape index (κ3) is 3.90. The number of amides is 1. The Balaban J connectivity index is 2.05. The Morgan fingerprint density at radius 1 is 1.38 bits per heavy atom. The van der Waals surface area contributed by atoms with Crippen LogP contribution in [-0.4, -0.2) is 40.5 Å². The summed E-state index contributed by atoms with van der Waals surface area (Å²) < 4.78 is 6.58. The van der Waals surface area contributed by atoms with E-state index < -0.39 is 5.97 Å². The lowest BCUT2D eigenvalue weighted by Gasteiger charge is -2.03. The van der Waals surface area contributed by atoms with E-state index in [1.54, 1.807) is 24.1 Å². The third-order valence-corrected chi connectivity index (χ3v) is 2.79. The topological polar surface area (TPSA) is 93.5 Å². The number of carboxylic acid groups (broad SMARTS) is 1. The van der Waals surface area contributed by atoms with Crippen LogP contribution in [-0.2, 0) is 11.3 Å². The van der Waals surface area contributed by atoms with E-state index in [0.717, 1.165) is 0 Å². The van der Waals surface area contributed by atoms with E-state index >= 15 is 0 Å². The van der Waals surface area contributed by atoms with Gasteiger partial charge in [0.2, 0.25) is 0 Å². The number of aromatic nitrogens is 2. The van der Waals surface area contributed by atoms with Gasteiger partial charge in [0.05, 0.1) is 30.6 Å². The number of ether oxygens (including phenoxy) is 1. The van der Waals surface area contributed by atoms with Crippen LogP contribution in [0.3, 0.4) is 0 Å². The van der Waals surface area contributed by atoms with Gasteiger partial charge in [-0.1, -0.05) is 6.07 Å². The van der Waals surface area contributed by atoms with Gasteiger partial charge in [0.1, 0.15) is 0 Å². The monoisotopic (exact) mass is 289 g/mol. The second-order valence-corrected chi connectivity index (χ2v) is 4.32. The maximum atomic E-state index is 12.0. The van der Waals surface area contributed by atoms with Crippen LogP contribution in [0, 0.1) is 0 Å². The van der Waals surface area contributed by atoms with Crippen molar-refractivity contribution in [2.24, 2.45) is 0 Å². The number of rotatable bonds is 6. The fourth-order valence-electron chi connectivity index (χ4n) is 1.73. The summed E-state index contributed by atoms with van der Waals surface area (Å²) in [4.78, 5) is 22.9.